The van der Waals surface area contributed by atoms with E-state index in [-0.39, 0.29) is 16.5 Å². The van der Waals surface area contributed by atoms with Gasteiger partial charge in [0.2, 0.25) is 0 Å². The third-order valence-corrected chi connectivity index (χ3v) is 4.28. The van der Waals surface area contributed by atoms with Crippen molar-refractivity contribution in [1.29, 1.82) is 5.26 Å². The smallest absolute Gasteiger partial charge is 0.328 e. The van der Waals surface area contributed by atoms with E-state index in [0.29, 0.717) is 0 Å². The van der Waals surface area contributed by atoms with E-state index >= 15 is 0 Å². The number of benzene rings is 1. The summed E-state index contributed by atoms with van der Waals surface area (Å²) in [6, 6.07) is 7.47. The normalized spacial score (nSPS) is 13.9. The average molecular weight is 380 g/mol. The van der Waals surface area contributed by atoms with Gasteiger partial charge in [0.1, 0.15) is 11.6 Å². The Labute approximate surface area is 157 Å². The number of ether oxygens (including phenoxy) is 1. The second-order valence-electron chi connectivity index (χ2n) is 6.30. The predicted molar refractivity (Wildman–Crippen MR) is 96.3 cm³/mol. The van der Waals surface area contributed by atoms with Gasteiger partial charge in [0.05, 0.1) is 16.7 Å². The SMILES string of the molecule is CC(C)[C@@](C)(C#N)NC(=O)COC(=O)[C@H](C)NC(=O)c1ccccc1Cl. The zero-order valence-electron chi connectivity index (χ0n) is 15.1. The van der Waals surface area contributed by atoms with Gasteiger partial charge in [0.25, 0.3) is 11.8 Å². The van der Waals surface area contributed by atoms with Crippen molar-refractivity contribution in [3.05, 3.63) is 34.9 Å². The Morgan fingerprint density at radius 1 is 1.27 bits per heavy atom. The molecule has 0 saturated heterocycles. The van der Waals surface area contributed by atoms with Gasteiger partial charge >= 0.3 is 5.97 Å². The van der Waals surface area contributed by atoms with E-state index < -0.39 is 36.0 Å². The fraction of sp³-hybridized carbons (Fsp3) is 0.444. The number of hydrogen-bond donors (Lipinski definition) is 2. The number of nitrogens with zero attached hydrogens (tertiary/aromatic N) is 1. The molecule has 0 aromatic heterocycles. The van der Waals surface area contributed by atoms with Crippen LogP contribution in [-0.4, -0.2) is 36.0 Å². The molecule has 0 aliphatic rings. The van der Waals surface area contributed by atoms with E-state index in [1.165, 1.54) is 13.0 Å². The molecule has 0 aliphatic carbocycles. The number of nitriles is 1. The van der Waals surface area contributed by atoms with Crippen molar-refractivity contribution in [2.24, 2.45) is 5.92 Å². The van der Waals surface area contributed by atoms with Crippen molar-refractivity contribution >= 4 is 29.4 Å². The first kappa shape index (κ1) is 21.5. The lowest BCUT2D eigenvalue weighted by Gasteiger charge is -2.27. The van der Waals surface area contributed by atoms with Gasteiger partial charge in [-0.1, -0.05) is 37.6 Å². The lowest BCUT2D eigenvalue weighted by molar-refractivity contribution is -0.150. The topological polar surface area (TPSA) is 108 Å². The number of carbonyl (C=O) groups excluding carboxylic acids is 3. The number of halogens is 1. The molecule has 0 spiro atoms. The molecule has 0 saturated carbocycles. The van der Waals surface area contributed by atoms with Gasteiger partial charge in [-0.15, -0.1) is 0 Å². The molecule has 0 bridgehead atoms. The molecule has 140 valence electrons. The molecule has 0 aliphatic heterocycles. The number of hydrogen-bond acceptors (Lipinski definition) is 5. The van der Waals surface area contributed by atoms with Gasteiger partial charge in [-0.2, -0.15) is 5.26 Å². The first-order valence-electron chi connectivity index (χ1n) is 8.05. The van der Waals surface area contributed by atoms with Crippen molar-refractivity contribution in [1.82, 2.24) is 10.6 Å². The highest BCUT2D eigenvalue weighted by atomic mass is 35.5. The summed E-state index contributed by atoms with van der Waals surface area (Å²) in [5, 5.41) is 14.4. The maximum atomic E-state index is 12.1. The van der Waals surface area contributed by atoms with E-state index in [9.17, 15) is 14.4 Å². The van der Waals surface area contributed by atoms with Crippen molar-refractivity contribution in [2.45, 2.75) is 39.3 Å². The van der Waals surface area contributed by atoms with Gasteiger partial charge in [-0.3, -0.25) is 9.59 Å². The van der Waals surface area contributed by atoms with Crippen LogP contribution >= 0.6 is 11.6 Å². The molecule has 26 heavy (non-hydrogen) atoms. The largest absolute Gasteiger partial charge is 0.454 e. The molecule has 0 unspecified atom stereocenters. The first-order chi connectivity index (χ1) is 12.1. The summed E-state index contributed by atoms with van der Waals surface area (Å²) in [6.45, 7) is 6.06. The van der Waals surface area contributed by atoms with E-state index in [0.717, 1.165) is 0 Å². The summed E-state index contributed by atoms with van der Waals surface area (Å²) in [5.74, 6) is -2.02. The third kappa shape index (κ3) is 5.74. The first-order valence-corrected chi connectivity index (χ1v) is 8.42. The Bertz CT molecular complexity index is 729. The highest BCUT2D eigenvalue weighted by molar-refractivity contribution is 6.33. The summed E-state index contributed by atoms with van der Waals surface area (Å²) in [4.78, 5) is 35.9. The van der Waals surface area contributed by atoms with E-state index in [4.69, 9.17) is 21.6 Å². The van der Waals surface area contributed by atoms with Gasteiger partial charge in [0.15, 0.2) is 6.61 Å². The van der Waals surface area contributed by atoms with Crippen molar-refractivity contribution in [3.8, 4) is 6.07 Å². The van der Waals surface area contributed by atoms with Crippen molar-refractivity contribution in [2.75, 3.05) is 6.61 Å². The number of esters is 1. The lowest BCUT2D eigenvalue weighted by atomic mass is 9.90. The Morgan fingerprint density at radius 3 is 2.42 bits per heavy atom. The molecule has 2 amide bonds. The van der Waals surface area contributed by atoms with Gasteiger partial charge in [-0.25, -0.2) is 4.79 Å². The van der Waals surface area contributed by atoms with Crippen LogP contribution in [0.5, 0.6) is 0 Å². The van der Waals surface area contributed by atoms with Gasteiger partial charge in [0, 0.05) is 0 Å². The molecule has 7 nitrogen and oxygen atoms in total. The molecule has 1 aromatic carbocycles. The van der Waals surface area contributed by atoms with Crippen LogP contribution < -0.4 is 10.6 Å². The maximum Gasteiger partial charge on any atom is 0.328 e. The van der Waals surface area contributed by atoms with Crippen LogP contribution in [0.15, 0.2) is 24.3 Å². The minimum absolute atomic E-state index is 0.124. The Hall–Kier alpha value is -2.59. The summed E-state index contributed by atoms with van der Waals surface area (Å²) in [7, 11) is 0. The standard InChI is InChI=1S/C18H22ClN3O4/c1-11(2)18(4,10-20)22-15(23)9-26-17(25)12(3)21-16(24)13-7-5-6-8-14(13)19/h5-8,11-12H,9H2,1-4H3,(H,21,24)(H,22,23)/t12-,18+/m0/s1. The predicted octanol–water partition coefficient (Wildman–Crippen LogP) is 2.06. The van der Waals surface area contributed by atoms with Crippen LogP contribution in [0, 0.1) is 17.2 Å². The molecule has 0 heterocycles. The number of carbonyl (C=O) groups is 3. The molecule has 8 heteroatoms. The monoisotopic (exact) mass is 379 g/mol. The van der Waals surface area contributed by atoms with E-state index in [1.807, 2.05) is 6.07 Å². The van der Waals surface area contributed by atoms with Crippen molar-refractivity contribution in [3.63, 3.8) is 0 Å². The van der Waals surface area contributed by atoms with Crippen LogP contribution in [0.2, 0.25) is 5.02 Å². The molecule has 1 aromatic rings. The minimum atomic E-state index is -1.06. The van der Waals surface area contributed by atoms with E-state index in [1.54, 1.807) is 39.0 Å². The zero-order chi connectivity index (χ0) is 19.9. The number of amides is 2. The van der Waals surface area contributed by atoms with Gasteiger partial charge < -0.3 is 15.4 Å². The molecule has 2 atom stereocenters. The maximum absolute atomic E-state index is 12.1. The summed E-state index contributed by atoms with van der Waals surface area (Å²) in [5.41, 5.74) is -0.832. The number of rotatable bonds is 7. The van der Waals surface area contributed by atoms with E-state index in [2.05, 4.69) is 10.6 Å². The molecule has 0 radical (unpaired) electrons. The molecular weight excluding hydrogens is 358 g/mol. The molecule has 2 N–H and O–H groups in total. The Balaban J connectivity index is 2.55. The fourth-order valence-corrected chi connectivity index (χ4v) is 2.09. The fourth-order valence-electron chi connectivity index (χ4n) is 1.87. The highest BCUT2D eigenvalue weighted by Crippen LogP contribution is 2.15. The summed E-state index contributed by atoms with van der Waals surface area (Å²) in [6.07, 6.45) is 0. The quantitative estimate of drug-likeness (QED) is 0.705. The second kappa shape index (κ2) is 9.20. The van der Waals surface area contributed by atoms with Crippen LogP contribution in [0.4, 0.5) is 0 Å². The van der Waals surface area contributed by atoms with Gasteiger partial charge in [-0.05, 0) is 31.9 Å². The Morgan fingerprint density at radius 2 is 1.88 bits per heavy atom. The van der Waals surface area contributed by atoms with Crippen LogP contribution in [-0.2, 0) is 14.3 Å². The zero-order valence-corrected chi connectivity index (χ0v) is 15.9. The number of nitrogens with one attached hydrogen (secondary N) is 2. The van der Waals surface area contributed by atoms with Crippen LogP contribution in [0.3, 0.4) is 0 Å². The minimum Gasteiger partial charge on any atom is -0.454 e. The molecular formula is C18H22ClN3O4. The van der Waals surface area contributed by atoms with Crippen LogP contribution in [0.25, 0.3) is 0 Å². The summed E-state index contributed by atoms with van der Waals surface area (Å²) < 4.78 is 4.89. The second-order valence-corrected chi connectivity index (χ2v) is 6.71. The third-order valence-electron chi connectivity index (χ3n) is 3.95. The lowest BCUT2D eigenvalue weighted by Crippen LogP contribution is -2.50. The van der Waals surface area contributed by atoms with Crippen molar-refractivity contribution < 1.29 is 19.1 Å². The highest BCUT2D eigenvalue weighted by Gasteiger charge is 2.30. The average Bonchev–Trinajstić information content (AvgIpc) is 2.59. The summed E-state index contributed by atoms with van der Waals surface area (Å²) >= 11 is 5.93. The molecule has 0 fully saturated rings. The molecule has 1 rings (SSSR count). The van der Waals surface area contributed by atoms with Crippen LogP contribution in [0.1, 0.15) is 38.1 Å². The Kier molecular flexibility index (Phi) is 7.59.